The molecule has 11 heteroatoms. The Bertz CT molecular complexity index is 890. The van der Waals surface area contributed by atoms with E-state index >= 15 is 0 Å². The number of sulfone groups is 1. The Hall–Kier alpha value is -2.21. The molecule has 0 spiro atoms. The third-order valence-corrected chi connectivity index (χ3v) is 7.97. The van der Waals surface area contributed by atoms with E-state index in [1.54, 1.807) is 17.5 Å². The summed E-state index contributed by atoms with van der Waals surface area (Å²) in [6.07, 6.45) is 1.37. The lowest BCUT2D eigenvalue weighted by molar-refractivity contribution is -0.139. The van der Waals surface area contributed by atoms with Crippen molar-refractivity contribution in [3.8, 4) is 0 Å². The molecule has 3 heterocycles. The second kappa shape index (κ2) is 10.0. The van der Waals surface area contributed by atoms with Gasteiger partial charge in [0.2, 0.25) is 0 Å². The van der Waals surface area contributed by atoms with E-state index in [1.807, 2.05) is 0 Å². The van der Waals surface area contributed by atoms with Crippen molar-refractivity contribution < 1.29 is 27.2 Å². The Kier molecular flexibility index (Phi) is 7.42. The molecule has 0 bridgehead atoms. The van der Waals surface area contributed by atoms with E-state index in [-0.39, 0.29) is 16.5 Å². The minimum atomic E-state index is -3.77. The van der Waals surface area contributed by atoms with E-state index in [1.165, 1.54) is 18.4 Å². The summed E-state index contributed by atoms with van der Waals surface area (Å²) in [5.41, 5.74) is 0. The number of rotatable bonds is 8. The molecule has 2 amide bonds. The van der Waals surface area contributed by atoms with Gasteiger partial charge in [-0.15, -0.1) is 11.3 Å². The van der Waals surface area contributed by atoms with Gasteiger partial charge < -0.3 is 19.8 Å². The summed E-state index contributed by atoms with van der Waals surface area (Å²) in [5, 5.41) is 5.49. The third-order valence-electron chi connectivity index (χ3n) is 4.48. The normalized spacial score (nSPS) is 16.3. The van der Waals surface area contributed by atoms with E-state index < -0.39 is 26.9 Å². The van der Waals surface area contributed by atoms with Crippen molar-refractivity contribution in [2.75, 3.05) is 45.9 Å². The van der Waals surface area contributed by atoms with Crippen molar-refractivity contribution in [3.05, 3.63) is 41.7 Å². The van der Waals surface area contributed by atoms with Gasteiger partial charge in [0.15, 0.2) is 9.84 Å². The quantitative estimate of drug-likeness (QED) is 0.570. The van der Waals surface area contributed by atoms with Gasteiger partial charge in [0.1, 0.15) is 15.2 Å². The topological polar surface area (TPSA) is 118 Å². The number of amides is 2. The molecule has 29 heavy (non-hydrogen) atoms. The molecule has 0 aliphatic carbocycles. The number of morpholine rings is 1. The third kappa shape index (κ3) is 5.66. The number of nitrogens with one attached hydrogen (secondary N) is 2. The Morgan fingerprint density at radius 3 is 2.55 bits per heavy atom. The molecule has 0 radical (unpaired) electrons. The number of carbonyl (C=O) groups excluding carboxylic acids is 2. The van der Waals surface area contributed by atoms with Crippen molar-refractivity contribution in [2.24, 2.45) is 0 Å². The first-order valence-corrected chi connectivity index (χ1v) is 11.6. The summed E-state index contributed by atoms with van der Waals surface area (Å²) in [5.74, 6) is -1.48. The number of hydrogen-bond donors (Lipinski definition) is 2. The van der Waals surface area contributed by atoms with Crippen molar-refractivity contribution in [2.45, 2.75) is 9.46 Å². The number of nitrogens with zero attached hydrogens (tertiary/aromatic N) is 1. The molecule has 1 aliphatic heterocycles. The Morgan fingerprint density at radius 2 is 1.90 bits per heavy atom. The maximum Gasteiger partial charge on any atom is 0.309 e. The highest BCUT2D eigenvalue weighted by molar-refractivity contribution is 7.93. The minimum Gasteiger partial charge on any atom is -0.468 e. The van der Waals surface area contributed by atoms with Crippen LogP contribution in [0.3, 0.4) is 0 Å². The molecule has 2 aromatic heterocycles. The fraction of sp³-hybridized carbons (Fsp3) is 0.444. The van der Waals surface area contributed by atoms with Gasteiger partial charge in [0.25, 0.3) is 0 Å². The van der Waals surface area contributed by atoms with Crippen LogP contribution in [0.1, 0.15) is 11.0 Å². The number of thiophene rings is 1. The van der Waals surface area contributed by atoms with E-state index in [4.69, 9.17) is 9.15 Å². The molecule has 0 aromatic carbocycles. The van der Waals surface area contributed by atoms with Gasteiger partial charge in [-0.25, -0.2) is 8.42 Å². The van der Waals surface area contributed by atoms with Crippen molar-refractivity contribution in [1.29, 1.82) is 0 Å². The molecule has 1 atom stereocenters. The smallest absolute Gasteiger partial charge is 0.309 e. The van der Waals surface area contributed by atoms with Crippen LogP contribution >= 0.6 is 11.3 Å². The Labute approximate surface area is 172 Å². The van der Waals surface area contributed by atoms with Crippen molar-refractivity contribution >= 4 is 33.0 Å². The Morgan fingerprint density at radius 1 is 1.14 bits per heavy atom. The molecular formula is C18H23N3O6S2. The summed E-state index contributed by atoms with van der Waals surface area (Å²) in [6.45, 7) is 3.54. The summed E-state index contributed by atoms with van der Waals surface area (Å²) in [6, 6.07) is 6.24. The fourth-order valence-electron chi connectivity index (χ4n) is 2.90. The molecule has 2 N–H and O–H groups in total. The maximum absolute atomic E-state index is 12.9. The highest BCUT2D eigenvalue weighted by atomic mass is 32.2. The largest absolute Gasteiger partial charge is 0.468 e. The summed E-state index contributed by atoms with van der Waals surface area (Å²) < 4.78 is 36.5. The molecule has 0 saturated carbocycles. The van der Waals surface area contributed by atoms with Crippen molar-refractivity contribution in [1.82, 2.24) is 15.5 Å². The molecule has 9 nitrogen and oxygen atoms in total. The highest BCUT2D eigenvalue weighted by Crippen LogP contribution is 2.31. The van der Waals surface area contributed by atoms with Gasteiger partial charge >= 0.3 is 11.8 Å². The second-order valence-corrected chi connectivity index (χ2v) is 9.71. The highest BCUT2D eigenvalue weighted by Gasteiger charge is 2.33. The fourth-order valence-corrected chi connectivity index (χ4v) is 5.69. The molecule has 1 unspecified atom stereocenters. The lowest BCUT2D eigenvalue weighted by Crippen LogP contribution is -2.46. The zero-order valence-corrected chi connectivity index (χ0v) is 17.3. The number of furan rings is 1. The lowest BCUT2D eigenvalue weighted by Gasteiger charge is -2.26. The van der Waals surface area contributed by atoms with Crippen LogP contribution in [0, 0.1) is 0 Å². The average Bonchev–Trinajstić information content (AvgIpc) is 3.43. The molecule has 1 aliphatic rings. The van der Waals surface area contributed by atoms with Crippen LogP contribution in [0.25, 0.3) is 0 Å². The minimum absolute atomic E-state index is 0.170. The van der Waals surface area contributed by atoms with Gasteiger partial charge in [-0.3, -0.25) is 14.5 Å². The van der Waals surface area contributed by atoms with Crippen LogP contribution in [-0.4, -0.2) is 71.1 Å². The average molecular weight is 442 g/mol. The summed E-state index contributed by atoms with van der Waals surface area (Å²) >= 11 is 1.09. The molecule has 1 saturated heterocycles. The first-order chi connectivity index (χ1) is 14.0. The number of ether oxygens (including phenoxy) is 1. The molecule has 158 valence electrons. The van der Waals surface area contributed by atoms with Crippen LogP contribution in [0.15, 0.2) is 44.5 Å². The monoisotopic (exact) mass is 441 g/mol. The van der Waals surface area contributed by atoms with Gasteiger partial charge in [-0.1, -0.05) is 6.07 Å². The van der Waals surface area contributed by atoms with Gasteiger partial charge in [-0.05, 0) is 23.6 Å². The first kappa shape index (κ1) is 21.5. The van der Waals surface area contributed by atoms with Crippen LogP contribution < -0.4 is 10.6 Å². The van der Waals surface area contributed by atoms with E-state index in [0.717, 1.165) is 24.4 Å². The molecule has 2 aromatic rings. The summed E-state index contributed by atoms with van der Waals surface area (Å²) in [4.78, 5) is 26.3. The second-order valence-electron chi connectivity index (χ2n) is 6.40. The van der Waals surface area contributed by atoms with Crippen LogP contribution in [0.2, 0.25) is 0 Å². The zero-order chi connectivity index (χ0) is 20.7. The SMILES string of the molecule is O=C(NCCN1CCOCC1)C(=O)NCC(c1ccco1)S(=O)(=O)c1cccs1. The number of carbonyl (C=O) groups is 2. The first-order valence-electron chi connectivity index (χ1n) is 9.15. The van der Waals surface area contributed by atoms with Crippen LogP contribution in [0.5, 0.6) is 0 Å². The Balaban J connectivity index is 1.55. The van der Waals surface area contributed by atoms with Gasteiger partial charge in [-0.2, -0.15) is 0 Å². The predicted molar refractivity (Wildman–Crippen MR) is 106 cm³/mol. The van der Waals surface area contributed by atoms with Gasteiger partial charge in [0.05, 0.1) is 19.5 Å². The van der Waals surface area contributed by atoms with Crippen LogP contribution in [0.4, 0.5) is 0 Å². The molecule has 3 rings (SSSR count). The maximum atomic E-state index is 12.9. The lowest BCUT2D eigenvalue weighted by atomic mass is 10.3. The zero-order valence-electron chi connectivity index (χ0n) is 15.7. The van der Waals surface area contributed by atoms with Crippen LogP contribution in [-0.2, 0) is 24.2 Å². The van der Waals surface area contributed by atoms with E-state index in [9.17, 15) is 18.0 Å². The number of hydrogen-bond acceptors (Lipinski definition) is 8. The van der Waals surface area contributed by atoms with E-state index in [2.05, 4.69) is 15.5 Å². The van der Waals surface area contributed by atoms with Gasteiger partial charge in [0, 0.05) is 32.7 Å². The molecular weight excluding hydrogens is 418 g/mol. The standard InChI is InChI=1S/C18H23N3O6S2/c22-17(19-5-6-21-7-10-26-11-8-21)18(23)20-13-15(14-3-1-9-27-14)29(24,25)16-4-2-12-28-16/h1-4,9,12,15H,5-8,10-11,13H2,(H,19,22)(H,20,23). The van der Waals surface area contributed by atoms with Crippen molar-refractivity contribution in [3.63, 3.8) is 0 Å². The summed E-state index contributed by atoms with van der Waals surface area (Å²) in [7, 11) is -3.77. The molecule has 1 fully saturated rings. The van der Waals surface area contributed by atoms with E-state index in [0.29, 0.717) is 26.3 Å². The predicted octanol–water partition coefficient (Wildman–Crippen LogP) is 0.421.